The van der Waals surface area contributed by atoms with Gasteiger partial charge in [-0.2, -0.15) is 0 Å². The van der Waals surface area contributed by atoms with Gasteiger partial charge in [0.25, 0.3) is 0 Å². The van der Waals surface area contributed by atoms with Crippen molar-refractivity contribution in [2.24, 2.45) is 0 Å². The molecular weight excluding hydrogens is 256 g/mol. The highest BCUT2D eigenvalue weighted by Gasteiger charge is 2.36. The largest absolute Gasteiger partial charge is 0.324 e. The Morgan fingerprint density at radius 1 is 1.10 bits per heavy atom. The van der Waals surface area contributed by atoms with E-state index in [1.165, 1.54) is 0 Å². The van der Waals surface area contributed by atoms with Crippen LogP contribution < -0.4 is 5.32 Å². The summed E-state index contributed by atoms with van der Waals surface area (Å²) in [6.07, 6.45) is 0.389. The van der Waals surface area contributed by atoms with E-state index >= 15 is 0 Å². The standard InChI is InChI=1S/C15H18N2O3/c1-9-6-10(2)8-12(7-9)16-15(20)11(3)17-13(18)4-5-14(17)19/h6-8,11H,4-5H2,1-3H3,(H,16,20)/t11-/m0/s1. The summed E-state index contributed by atoms with van der Waals surface area (Å²) in [6.45, 7) is 5.46. The average molecular weight is 274 g/mol. The van der Waals surface area contributed by atoms with Crippen molar-refractivity contribution >= 4 is 23.4 Å². The number of carbonyl (C=O) groups excluding carboxylic acids is 3. The van der Waals surface area contributed by atoms with Gasteiger partial charge in [-0.05, 0) is 44.0 Å². The maximum atomic E-state index is 12.2. The Labute approximate surface area is 118 Å². The number of rotatable bonds is 3. The van der Waals surface area contributed by atoms with Crippen LogP contribution in [-0.4, -0.2) is 28.7 Å². The third kappa shape index (κ3) is 2.87. The van der Waals surface area contributed by atoms with Gasteiger partial charge >= 0.3 is 0 Å². The molecule has 1 aliphatic rings. The first-order chi connectivity index (χ1) is 9.38. The summed E-state index contributed by atoms with van der Waals surface area (Å²) in [7, 11) is 0. The Morgan fingerprint density at radius 2 is 1.60 bits per heavy atom. The van der Waals surface area contributed by atoms with E-state index in [0.717, 1.165) is 16.0 Å². The first-order valence-corrected chi connectivity index (χ1v) is 6.62. The summed E-state index contributed by atoms with van der Waals surface area (Å²) < 4.78 is 0. The van der Waals surface area contributed by atoms with Gasteiger partial charge < -0.3 is 5.32 Å². The highest BCUT2D eigenvalue weighted by atomic mass is 16.2. The number of amides is 3. The van der Waals surface area contributed by atoms with Crippen LogP contribution in [0.5, 0.6) is 0 Å². The molecule has 0 unspecified atom stereocenters. The lowest BCUT2D eigenvalue weighted by Crippen LogP contribution is -2.45. The molecule has 0 saturated carbocycles. The molecule has 5 nitrogen and oxygen atoms in total. The van der Waals surface area contributed by atoms with E-state index in [2.05, 4.69) is 5.32 Å². The van der Waals surface area contributed by atoms with E-state index in [1.807, 2.05) is 32.0 Å². The van der Waals surface area contributed by atoms with Crippen molar-refractivity contribution < 1.29 is 14.4 Å². The molecule has 1 N–H and O–H groups in total. The second kappa shape index (κ2) is 5.45. The third-order valence-corrected chi connectivity index (χ3v) is 3.35. The number of nitrogens with zero attached hydrogens (tertiary/aromatic N) is 1. The Kier molecular flexibility index (Phi) is 3.88. The average Bonchev–Trinajstić information content (AvgIpc) is 2.66. The number of hydrogen-bond donors (Lipinski definition) is 1. The molecule has 1 aliphatic heterocycles. The van der Waals surface area contributed by atoms with Crippen LogP contribution in [0.25, 0.3) is 0 Å². The SMILES string of the molecule is Cc1cc(C)cc(NC(=O)[C@H](C)N2C(=O)CCC2=O)c1. The monoisotopic (exact) mass is 274 g/mol. The molecule has 3 amide bonds. The third-order valence-electron chi connectivity index (χ3n) is 3.35. The molecule has 0 radical (unpaired) electrons. The summed E-state index contributed by atoms with van der Waals surface area (Å²) in [5.41, 5.74) is 2.76. The topological polar surface area (TPSA) is 66.5 Å². The van der Waals surface area contributed by atoms with Gasteiger partial charge in [0, 0.05) is 18.5 Å². The van der Waals surface area contributed by atoms with Gasteiger partial charge in [-0.3, -0.25) is 19.3 Å². The molecule has 0 aromatic heterocycles. The fraction of sp³-hybridized carbons (Fsp3) is 0.400. The second-order valence-electron chi connectivity index (χ2n) is 5.20. The number of nitrogens with one attached hydrogen (secondary N) is 1. The van der Waals surface area contributed by atoms with Crippen molar-refractivity contribution in [1.29, 1.82) is 0 Å². The zero-order valence-electron chi connectivity index (χ0n) is 11.9. The van der Waals surface area contributed by atoms with Gasteiger partial charge in [0.15, 0.2) is 0 Å². The quantitative estimate of drug-likeness (QED) is 0.854. The van der Waals surface area contributed by atoms with Crippen LogP contribution in [0.2, 0.25) is 0 Å². The van der Waals surface area contributed by atoms with E-state index in [4.69, 9.17) is 0 Å². The molecule has 1 fully saturated rings. The number of carbonyl (C=O) groups is 3. The highest BCUT2D eigenvalue weighted by Crippen LogP contribution is 2.18. The Hall–Kier alpha value is -2.17. The molecule has 1 aromatic carbocycles. The van der Waals surface area contributed by atoms with Gasteiger partial charge in [0.05, 0.1) is 0 Å². The van der Waals surface area contributed by atoms with Crippen LogP contribution in [-0.2, 0) is 14.4 Å². The smallest absolute Gasteiger partial charge is 0.247 e. The summed E-state index contributed by atoms with van der Waals surface area (Å²) in [5.74, 6) is -0.908. The molecule has 0 spiro atoms. The lowest BCUT2D eigenvalue weighted by molar-refractivity contribution is -0.144. The van der Waals surface area contributed by atoms with Gasteiger partial charge in [-0.1, -0.05) is 6.07 Å². The van der Waals surface area contributed by atoms with Crippen molar-refractivity contribution in [2.75, 3.05) is 5.32 Å². The van der Waals surface area contributed by atoms with Crippen LogP contribution >= 0.6 is 0 Å². The van der Waals surface area contributed by atoms with Crippen molar-refractivity contribution in [3.8, 4) is 0 Å². The minimum atomic E-state index is -0.779. The molecular formula is C15H18N2O3. The first-order valence-electron chi connectivity index (χ1n) is 6.62. The van der Waals surface area contributed by atoms with Gasteiger partial charge in [0.2, 0.25) is 17.7 Å². The number of anilines is 1. The Bertz CT molecular complexity index is 544. The van der Waals surface area contributed by atoms with Crippen molar-refractivity contribution in [3.63, 3.8) is 0 Å². The lowest BCUT2D eigenvalue weighted by Gasteiger charge is -2.21. The normalized spacial score (nSPS) is 16.4. The second-order valence-corrected chi connectivity index (χ2v) is 5.20. The summed E-state index contributed by atoms with van der Waals surface area (Å²) >= 11 is 0. The molecule has 1 aromatic rings. The molecule has 1 atom stereocenters. The maximum absolute atomic E-state index is 12.2. The molecule has 2 rings (SSSR count). The molecule has 1 saturated heterocycles. The van der Waals surface area contributed by atoms with Gasteiger partial charge in [0.1, 0.15) is 6.04 Å². The zero-order valence-corrected chi connectivity index (χ0v) is 11.9. The lowest BCUT2D eigenvalue weighted by atomic mass is 10.1. The van der Waals surface area contributed by atoms with Crippen LogP contribution in [0.4, 0.5) is 5.69 Å². The first kappa shape index (κ1) is 14.2. The predicted molar refractivity (Wildman–Crippen MR) is 75.1 cm³/mol. The molecule has 5 heteroatoms. The minimum Gasteiger partial charge on any atom is -0.324 e. The van der Waals surface area contributed by atoms with E-state index in [9.17, 15) is 14.4 Å². The number of imide groups is 1. The van der Waals surface area contributed by atoms with Crippen molar-refractivity contribution in [1.82, 2.24) is 4.90 Å². The predicted octanol–water partition coefficient (Wildman–Crippen LogP) is 1.78. The number of benzene rings is 1. The van der Waals surface area contributed by atoms with Crippen molar-refractivity contribution in [3.05, 3.63) is 29.3 Å². The fourth-order valence-corrected chi connectivity index (χ4v) is 2.44. The molecule has 0 aliphatic carbocycles. The van der Waals surface area contributed by atoms with E-state index in [-0.39, 0.29) is 30.6 Å². The Morgan fingerprint density at radius 3 is 2.10 bits per heavy atom. The number of likely N-dealkylation sites (tertiary alicyclic amines) is 1. The summed E-state index contributed by atoms with van der Waals surface area (Å²) in [5, 5.41) is 2.76. The van der Waals surface area contributed by atoms with Crippen molar-refractivity contribution in [2.45, 2.75) is 39.7 Å². The van der Waals surface area contributed by atoms with Gasteiger partial charge in [-0.25, -0.2) is 0 Å². The fourth-order valence-electron chi connectivity index (χ4n) is 2.44. The summed E-state index contributed by atoms with van der Waals surface area (Å²) in [4.78, 5) is 36.4. The summed E-state index contributed by atoms with van der Waals surface area (Å²) in [6, 6.07) is 4.93. The van der Waals surface area contributed by atoms with Crippen LogP contribution in [0, 0.1) is 13.8 Å². The maximum Gasteiger partial charge on any atom is 0.247 e. The zero-order chi connectivity index (χ0) is 14.9. The molecule has 20 heavy (non-hydrogen) atoms. The van der Waals surface area contributed by atoms with Crippen LogP contribution in [0.3, 0.4) is 0 Å². The van der Waals surface area contributed by atoms with E-state index in [0.29, 0.717) is 5.69 Å². The molecule has 1 heterocycles. The number of hydrogen-bond acceptors (Lipinski definition) is 3. The van der Waals surface area contributed by atoms with E-state index < -0.39 is 6.04 Å². The van der Waals surface area contributed by atoms with Gasteiger partial charge in [-0.15, -0.1) is 0 Å². The van der Waals surface area contributed by atoms with Crippen LogP contribution in [0.15, 0.2) is 18.2 Å². The minimum absolute atomic E-state index is 0.194. The van der Waals surface area contributed by atoms with E-state index in [1.54, 1.807) is 6.92 Å². The Balaban J connectivity index is 2.11. The number of aryl methyl sites for hydroxylation is 2. The molecule has 106 valence electrons. The van der Waals surface area contributed by atoms with Crippen LogP contribution in [0.1, 0.15) is 30.9 Å². The highest BCUT2D eigenvalue weighted by molar-refractivity contribution is 6.07. The molecule has 0 bridgehead atoms.